The summed E-state index contributed by atoms with van der Waals surface area (Å²) in [5, 5.41) is 11.9. The molecule has 0 saturated carbocycles. The minimum atomic E-state index is -0.833. The van der Waals surface area contributed by atoms with Crippen molar-refractivity contribution in [3.05, 3.63) is 29.3 Å². The molecule has 0 aliphatic carbocycles. The van der Waals surface area contributed by atoms with Crippen molar-refractivity contribution in [1.29, 1.82) is 0 Å². The Bertz CT molecular complexity index is 456. The summed E-state index contributed by atoms with van der Waals surface area (Å²) in [4.78, 5) is 13.5. The summed E-state index contributed by atoms with van der Waals surface area (Å²) in [6, 6.07) is 6.35. The minimum Gasteiger partial charge on any atom is -0.481 e. The molecule has 0 bridgehead atoms. The molecule has 1 aromatic carbocycles. The number of anilines is 1. The van der Waals surface area contributed by atoms with E-state index < -0.39 is 5.97 Å². The molecule has 8 heteroatoms. The zero-order chi connectivity index (χ0) is 14.3. The Kier molecular flexibility index (Phi) is 15.1. The number of hydrogen-bond donors (Lipinski definition) is 2. The normalized spacial score (nSPS) is 12.0. The van der Waals surface area contributed by atoms with Gasteiger partial charge in [0.2, 0.25) is 0 Å². The third-order valence-electron chi connectivity index (χ3n) is 2.51. The summed E-state index contributed by atoms with van der Waals surface area (Å²) in [6.45, 7) is 6.30. The van der Waals surface area contributed by atoms with Gasteiger partial charge in [-0.25, -0.2) is 0 Å². The summed E-state index contributed by atoms with van der Waals surface area (Å²) in [5.74, 6) is 0.344. The van der Waals surface area contributed by atoms with Crippen molar-refractivity contribution in [2.45, 2.75) is 27.2 Å². The zero-order valence-electron chi connectivity index (χ0n) is 13.1. The number of carboxylic acid groups (broad SMARTS) is 1. The first-order chi connectivity index (χ1) is 9.00. The second kappa shape index (κ2) is 13.1. The molecule has 0 fully saturated rings. The first-order valence-electron chi connectivity index (χ1n) is 6.20. The van der Waals surface area contributed by atoms with Gasteiger partial charge in [-0.1, -0.05) is 30.0 Å². The van der Waals surface area contributed by atoms with Gasteiger partial charge < -0.3 is 26.9 Å². The second-order valence-electron chi connectivity index (χ2n) is 4.30. The molecule has 1 aliphatic rings. The molecular weight excluding hydrogens is 308 g/mol. The molecule has 2 rings (SSSR count). The van der Waals surface area contributed by atoms with Crippen molar-refractivity contribution in [2.24, 2.45) is 4.99 Å². The maximum atomic E-state index is 9.00. The van der Waals surface area contributed by atoms with Crippen LogP contribution in [-0.2, 0) is 4.79 Å². The zero-order valence-corrected chi connectivity index (χ0v) is 13.9. The first-order valence-corrected chi connectivity index (χ1v) is 7.19. The van der Waals surface area contributed by atoms with Crippen molar-refractivity contribution in [3.8, 4) is 0 Å². The number of para-hydroxylation sites is 1. The topological polar surface area (TPSA) is 156 Å². The Morgan fingerprint density at radius 1 is 1.23 bits per heavy atom. The SMILES string of the molecule is CC(=O)O.Cc1cccc(C)c1NC1=NCCCS1.O.O.O. The highest BCUT2D eigenvalue weighted by Crippen LogP contribution is 2.22. The maximum absolute atomic E-state index is 9.00. The standard InChI is InChI=1S/C12H16N2S.C2H4O2.3H2O/c1-9-5-3-6-10(2)11(9)14-12-13-7-4-8-15-12;1-2(3)4;;;/h3,5-6H,4,7-8H2,1-2H3,(H,13,14);1H3,(H,3,4);3*1H2. The monoisotopic (exact) mass is 334 g/mol. The Morgan fingerprint density at radius 2 is 1.73 bits per heavy atom. The number of aryl methyl sites for hydroxylation is 2. The van der Waals surface area contributed by atoms with Crippen LogP contribution in [0.4, 0.5) is 5.69 Å². The van der Waals surface area contributed by atoms with E-state index in [2.05, 4.69) is 42.4 Å². The highest BCUT2D eigenvalue weighted by atomic mass is 32.2. The van der Waals surface area contributed by atoms with Gasteiger partial charge in [-0.3, -0.25) is 9.79 Å². The average molecular weight is 334 g/mol. The lowest BCUT2D eigenvalue weighted by Gasteiger charge is -2.16. The summed E-state index contributed by atoms with van der Waals surface area (Å²) < 4.78 is 0. The predicted molar refractivity (Wildman–Crippen MR) is 93.1 cm³/mol. The van der Waals surface area contributed by atoms with Gasteiger partial charge in [-0.05, 0) is 31.4 Å². The van der Waals surface area contributed by atoms with E-state index in [9.17, 15) is 0 Å². The van der Waals surface area contributed by atoms with Crippen molar-refractivity contribution in [1.82, 2.24) is 0 Å². The van der Waals surface area contributed by atoms with Crippen LogP contribution < -0.4 is 5.32 Å². The molecule has 1 heterocycles. The number of thioether (sulfide) groups is 1. The van der Waals surface area contributed by atoms with Crippen molar-refractivity contribution in [3.63, 3.8) is 0 Å². The van der Waals surface area contributed by atoms with Crippen molar-refractivity contribution < 1.29 is 26.3 Å². The van der Waals surface area contributed by atoms with Crippen molar-refractivity contribution >= 4 is 28.6 Å². The van der Waals surface area contributed by atoms with Gasteiger partial charge in [0.05, 0.1) is 0 Å². The summed E-state index contributed by atoms with van der Waals surface area (Å²) in [6.07, 6.45) is 1.20. The fraction of sp³-hybridized carbons (Fsp3) is 0.429. The minimum absolute atomic E-state index is 0. The lowest BCUT2D eigenvalue weighted by Crippen LogP contribution is -2.14. The van der Waals surface area contributed by atoms with Crippen molar-refractivity contribution in [2.75, 3.05) is 17.6 Å². The number of carbonyl (C=O) groups is 1. The lowest BCUT2D eigenvalue weighted by atomic mass is 10.1. The molecule has 0 unspecified atom stereocenters. The van der Waals surface area contributed by atoms with E-state index in [4.69, 9.17) is 9.90 Å². The van der Waals surface area contributed by atoms with Gasteiger partial charge in [0.15, 0.2) is 5.17 Å². The van der Waals surface area contributed by atoms with Crippen LogP contribution in [0.3, 0.4) is 0 Å². The largest absolute Gasteiger partial charge is 0.481 e. The molecule has 0 radical (unpaired) electrons. The summed E-state index contributed by atoms with van der Waals surface area (Å²) in [5.41, 5.74) is 3.78. The van der Waals surface area contributed by atoms with E-state index in [0.717, 1.165) is 18.6 Å². The summed E-state index contributed by atoms with van der Waals surface area (Å²) in [7, 11) is 0. The molecular formula is C14H26N2O5S. The number of rotatable bonds is 1. The molecule has 1 aliphatic heterocycles. The van der Waals surface area contributed by atoms with Gasteiger partial charge in [-0.2, -0.15) is 0 Å². The fourth-order valence-electron chi connectivity index (χ4n) is 1.65. The van der Waals surface area contributed by atoms with Crippen LogP contribution in [0.2, 0.25) is 0 Å². The average Bonchev–Trinajstić information content (AvgIpc) is 2.35. The predicted octanol–water partition coefficient (Wildman–Crippen LogP) is 0.825. The Hall–Kier alpha value is -1.61. The van der Waals surface area contributed by atoms with E-state index in [1.165, 1.54) is 29.0 Å². The number of amidine groups is 1. The van der Waals surface area contributed by atoms with E-state index in [1.54, 1.807) is 0 Å². The fourth-order valence-corrected chi connectivity index (χ4v) is 2.48. The second-order valence-corrected chi connectivity index (χ2v) is 5.38. The molecule has 0 saturated heterocycles. The number of carboxylic acids is 1. The van der Waals surface area contributed by atoms with Crippen LogP contribution in [0, 0.1) is 13.8 Å². The quantitative estimate of drug-likeness (QED) is 0.779. The molecule has 0 spiro atoms. The summed E-state index contributed by atoms with van der Waals surface area (Å²) >= 11 is 1.81. The van der Waals surface area contributed by atoms with Gasteiger partial charge in [-0.15, -0.1) is 0 Å². The highest BCUT2D eigenvalue weighted by Gasteiger charge is 2.08. The van der Waals surface area contributed by atoms with Crippen LogP contribution in [0.25, 0.3) is 0 Å². The van der Waals surface area contributed by atoms with Gasteiger partial charge in [0, 0.05) is 24.9 Å². The maximum Gasteiger partial charge on any atom is 0.300 e. The molecule has 0 aromatic heterocycles. The Labute approximate surface area is 134 Å². The number of aliphatic imine (C=N–C) groups is 1. The number of benzene rings is 1. The molecule has 0 atom stereocenters. The molecule has 22 heavy (non-hydrogen) atoms. The number of nitrogens with zero attached hydrogens (tertiary/aromatic N) is 1. The number of hydrogen-bond acceptors (Lipinski definition) is 4. The van der Waals surface area contributed by atoms with Crippen LogP contribution in [0.5, 0.6) is 0 Å². The number of aliphatic carboxylic acids is 1. The van der Waals surface area contributed by atoms with Gasteiger partial charge in [0.1, 0.15) is 0 Å². The smallest absolute Gasteiger partial charge is 0.300 e. The van der Waals surface area contributed by atoms with Crippen LogP contribution in [0.1, 0.15) is 24.5 Å². The van der Waals surface area contributed by atoms with Crippen LogP contribution in [0.15, 0.2) is 23.2 Å². The highest BCUT2D eigenvalue weighted by molar-refractivity contribution is 8.14. The molecule has 128 valence electrons. The van der Waals surface area contributed by atoms with E-state index in [-0.39, 0.29) is 16.4 Å². The Morgan fingerprint density at radius 3 is 2.14 bits per heavy atom. The van der Waals surface area contributed by atoms with E-state index >= 15 is 0 Å². The third-order valence-corrected chi connectivity index (χ3v) is 3.51. The van der Waals surface area contributed by atoms with Crippen LogP contribution in [-0.4, -0.2) is 45.0 Å². The lowest BCUT2D eigenvalue weighted by molar-refractivity contribution is -0.134. The number of nitrogens with one attached hydrogen (secondary N) is 1. The third kappa shape index (κ3) is 9.35. The molecule has 7 nitrogen and oxygen atoms in total. The van der Waals surface area contributed by atoms with E-state index in [1.807, 2.05) is 11.8 Å². The molecule has 0 amide bonds. The molecule has 8 N–H and O–H groups in total. The van der Waals surface area contributed by atoms with Gasteiger partial charge in [0.25, 0.3) is 5.97 Å². The van der Waals surface area contributed by atoms with Crippen LogP contribution >= 0.6 is 11.8 Å². The first kappa shape index (κ1) is 25.3. The van der Waals surface area contributed by atoms with E-state index in [0.29, 0.717) is 0 Å². The van der Waals surface area contributed by atoms with Gasteiger partial charge >= 0.3 is 0 Å². The molecule has 1 aromatic rings. The Balaban J connectivity index is -0.000000466.